The molecule has 0 radical (unpaired) electrons. The van der Waals surface area contributed by atoms with Gasteiger partial charge in [-0.1, -0.05) is 0 Å². The molecular formula is C14H25N3O2S. The summed E-state index contributed by atoms with van der Waals surface area (Å²) in [6.45, 7) is 10.3. The summed E-state index contributed by atoms with van der Waals surface area (Å²) in [6, 6.07) is 1.90. The Morgan fingerprint density at radius 3 is 2.70 bits per heavy atom. The molecule has 0 aliphatic heterocycles. The fourth-order valence-corrected chi connectivity index (χ4v) is 2.38. The highest BCUT2D eigenvalue weighted by molar-refractivity contribution is 7.10. The van der Waals surface area contributed by atoms with Crippen LogP contribution in [0.3, 0.4) is 0 Å². The number of ether oxygens (including phenoxy) is 1. The van der Waals surface area contributed by atoms with E-state index in [2.05, 4.69) is 5.32 Å². The second-order valence-corrected chi connectivity index (χ2v) is 6.54. The molecule has 0 fully saturated rings. The summed E-state index contributed by atoms with van der Waals surface area (Å²) < 4.78 is 5.35. The largest absolute Gasteiger partial charge is 0.444 e. The van der Waals surface area contributed by atoms with Crippen LogP contribution in [-0.4, -0.2) is 36.2 Å². The first-order valence-electron chi connectivity index (χ1n) is 6.84. The Kier molecular flexibility index (Phi) is 6.29. The molecule has 1 heterocycles. The number of nitrogen functional groups attached to an aromatic ring is 1. The maximum absolute atomic E-state index is 11.9. The van der Waals surface area contributed by atoms with Crippen molar-refractivity contribution in [1.29, 1.82) is 0 Å². The van der Waals surface area contributed by atoms with Crippen LogP contribution < -0.4 is 11.1 Å². The molecule has 0 aliphatic rings. The predicted octanol–water partition coefficient (Wildman–Crippen LogP) is 2.68. The lowest BCUT2D eigenvalue weighted by atomic mass is 10.2. The molecule has 0 atom stereocenters. The highest BCUT2D eigenvalue weighted by Gasteiger charge is 2.20. The third-order valence-electron chi connectivity index (χ3n) is 2.66. The molecular weight excluding hydrogens is 274 g/mol. The van der Waals surface area contributed by atoms with Crippen molar-refractivity contribution in [3.8, 4) is 0 Å². The zero-order valence-corrected chi connectivity index (χ0v) is 13.5. The molecule has 1 rings (SSSR count). The Morgan fingerprint density at radius 2 is 2.20 bits per heavy atom. The van der Waals surface area contributed by atoms with Crippen molar-refractivity contribution < 1.29 is 9.53 Å². The van der Waals surface area contributed by atoms with Gasteiger partial charge in [0.2, 0.25) is 0 Å². The number of amides is 1. The molecule has 0 aliphatic carbocycles. The Bertz CT molecular complexity index is 426. The highest BCUT2D eigenvalue weighted by atomic mass is 32.1. The van der Waals surface area contributed by atoms with E-state index in [0.717, 1.165) is 17.1 Å². The van der Waals surface area contributed by atoms with E-state index < -0.39 is 5.60 Å². The van der Waals surface area contributed by atoms with Crippen molar-refractivity contribution >= 4 is 23.1 Å². The van der Waals surface area contributed by atoms with E-state index in [1.165, 1.54) is 0 Å². The summed E-state index contributed by atoms with van der Waals surface area (Å²) in [5, 5.41) is 5.27. The van der Waals surface area contributed by atoms with E-state index >= 15 is 0 Å². The minimum atomic E-state index is -0.455. The first kappa shape index (κ1) is 16.8. The molecule has 114 valence electrons. The van der Waals surface area contributed by atoms with Crippen LogP contribution in [-0.2, 0) is 11.3 Å². The van der Waals surface area contributed by atoms with E-state index in [0.29, 0.717) is 19.6 Å². The first-order valence-corrected chi connectivity index (χ1v) is 7.72. The van der Waals surface area contributed by atoms with Crippen molar-refractivity contribution in [1.82, 2.24) is 10.2 Å². The van der Waals surface area contributed by atoms with Gasteiger partial charge in [-0.25, -0.2) is 4.79 Å². The first-order chi connectivity index (χ1) is 9.33. The van der Waals surface area contributed by atoms with Gasteiger partial charge in [0.1, 0.15) is 5.60 Å². The average molecular weight is 299 g/mol. The van der Waals surface area contributed by atoms with Gasteiger partial charge in [-0.05, 0) is 39.1 Å². The quantitative estimate of drug-likeness (QED) is 0.793. The molecule has 5 nitrogen and oxygen atoms in total. The van der Waals surface area contributed by atoms with Crippen LogP contribution in [0, 0.1) is 0 Å². The van der Waals surface area contributed by atoms with Crippen LogP contribution in [0.1, 0.15) is 32.6 Å². The number of likely N-dealkylation sites (N-methyl/N-ethyl adjacent to an activating group) is 1. The number of hydrogen-bond acceptors (Lipinski definition) is 5. The molecule has 0 saturated heterocycles. The van der Waals surface area contributed by atoms with Gasteiger partial charge in [-0.2, -0.15) is 0 Å². The minimum Gasteiger partial charge on any atom is -0.444 e. The molecule has 20 heavy (non-hydrogen) atoms. The van der Waals surface area contributed by atoms with Crippen LogP contribution >= 0.6 is 11.3 Å². The number of nitrogens with zero attached hydrogens (tertiary/aromatic N) is 1. The van der Waals surface area contributed by atoms with Gasteiger partial charge in [0.15, 0.2) is 0 Å². The van der Waals surface area contributed by atoms with Crippen LogP contribution in [0.5, 0.6) is 0 Å². The van der Waals surface area contributed by atoms with Crippen LogP contribution in [0.2, 0.25) is 0 Å². The van der Waals surface area contributed by atoms with E-state index in [1.54, 1.807) is 16.2 Å². The van der Waals surface area contributed by atoms with Gasteiger partial charge in [0.25, 0.3) is 0 Å². The van der Waals surface area contributed by atoms with Gasteiger partial charge in [-0.15, -0.1) is 11.3 Å². The Morgan fingerprint density at radius 1 is 1.50 bits per heavy atom. The van der Waals surface area contributed by atoms with Crippen molar-refractivity contribution in [3.05, 3.63) is 16.3 Å². The Balaban J connectivity index is 2.31. The predicted molar refractivity (Wildman–Crippen MR) is 83.9 cm³/mol. The normalized spacial score (nSPS) is 11.4. The van der Waals surface area contributed by atoms with Crippen molar-refractivity contribution in [2.24, 2.45) is 0 Å². The monoisotopic (exact) mass is 299 g/mol. The van der Waals surface area contributed by atoms with Crippen molar-refractivity contribution in [2.75, 3.05) is 25.4 Å². The van der Waals surface area contributed by atoms with E-state index in [9.17, 15) is 4.79 Å². The van der Waals surface area contributed by atoms with Crippen LogP contribution in [0.4, 0.5) is 10.5 Å². The number of hydrogen-bond donors (Lipinski definition) is 2. The van der Waals surface area contributed by atoms with Crippen molar-refractivity contribution in [2.45, 2.75) is 39.8 Å². The fourth-order valence-electron chi connectivity index (χ4n) is 1.62. The zero-order valence-electron chi connectivity index (χ0n) is 12.7. The second kappa shape index (κ2) is 7.50. The van der Waals surface area contributed by atoms with Gasteiger partial charge in [0, 0.05) is 36.7 Å². The molecule has 1 aromatic rings. The van der Waals surface area contributed by atoms with E-state index in [4.69, 9.17) is 10.5 Å². The molecule has 3 N–H and O–H groups in total. The molecule has 1 amide bonds. The number of rotatable bonds is 6. The summed E-state index contributed by atoms with van der Waals surface area (Å²) >= 11 is 1.64. The number of nitrogens with two attached hydrogens (primary N) is 1. The van der Waals surface area contributed by atoms with Gasteiger partial charge in [-0.3, -0.25) is 0 Å². The minimum absolute atomic E-state index is 0.266. The summed E-state index contributed by atoms with van der Waals surface area (Å²) in [5.41, 5.74) is 6.18. The van der Waals surface area contributed by atoms with Gasteiger partial charge >= 0.3 is 6.09 Å². The van der Waals surface area contributed by atoms with E-state index in [1.807, 2.05) is 39.1 Å². The van der Waals surface area contributed by atoms with Crippen LogP contribution in [0.25, 0.3) is 0 Å². The van der Waals surface area contributed by atoms with Crippen LogP contribution in [0.15, 0.2) is 11.4 Å². The van der Waals surface area contributed by atoms with E-state index in [-0.39, 0.29) is 6.09 Å². The number of thiophene rings is 1. The third kappa shape index (κ3) is 5.79. The maximum atomic E-state index is 11.9. The fraction of sp³-hybridized carbons (Fsp3) is 0.643. The number of carbonyl (C=O) groups excluding carboxylic acids is 1. The highest BCUT2D eigenvalue weighted by Crippen LogP contribution is 2.17. The molecule has 0 spiro atoms. The molecule has 1 aromatic heterocycles. The van der Waals surface area contributed by atoms with Gasteiger partial charge < -0.3 is 20.7 Å². The summed E-state index contributed by atoms with van der Waals surface area (Å²) in [4.78, 5) is 14.7. The lowest BCUT2D eigenvalue weighted by Crippen LogP contribution is -2.40. The average Bonchev–Trinajstić information content (AvgIpc) is 2.72. The smallest absolute Gasteiger partial charge is 0.410 e. The molecule has 0 bridgehead atoms. The lowest BCUT2D eigenvalue weighted by Gasteiger charge is -2.26. The zero-order chi connectivity index (χ0) is 15.2. The maximum Gasteiger partial charge on any atom is 0.410 e. The third-order valence-corrected chi connectivity index (χ3v) is 3.59. The molecule has 0 aromatic carbocycles. The van der Waals surface area contributed by atoms with Crippen molar-refractivity contribution in [3.63, 3.8) is 0 Å². The Labute approximate surface area is 125 Å². The summed E-state index contributed by atoms with van der Waals surface area (Å²) in [7, 11) is 0. The summed E-state index contributed by atoms with van der Waals surface area (Å²) in [5.74, 6) is 0. The topological polar surface area (TPSA) is 67.6 Å². The number of nitrogens with one attached hydrogen (secondary N) is 1. The SMILES string of the molecule is CCN(CCNCc1sccc1N)C(=O)OC(C)(C)C. The lowest BCUT2D eigenvalue weighted by molar-refractivity contribution is 0.0262. The molecule has 6 heteroatoms. The molecule has 0 saturated carbocycles. The standard InChI is InChI=1S/C14H25N3O2S/c1-5-17(13(18)19-14(2,3)4)8-7-16-10-12-11(15)6-9-20-12/h6,9,16H,5,7-8,10,15H2,1-4H3. The molecule has 0 unspecified atom stereocenters. The number of anilines is 1. The summed E-state index contributed by atoms with van der Waals surface area (Å²) in [6.07, 6.45) is -0.266. The van der Waals surface area contributed by atoms with Gasteiger partial charge in [0.05, 0.1) is 0 Å². The second-order valence-electron chi connectivity index (χ2n) is 5.54. The number of carbonyl (C=O) groups is 1. The Hall–Kier alpha value is -1.27.